The van der Waals surface area contributed by atoms with E-state index in [1.165, 1.54) is 10.8 Å². The van der Waals surface area contributed by atoms with E-state index in [9.17, 15) is 4.79 Å². The maximum Gasteiger partial charge on any atom is 0.179 e. The molecule has 1 aromatic rings. The standard InChI is InChI=1S/C14H9O/c1-9-3-2-4-10-7-11-8-12(15)5-6-13(11)14(9)10/h2-6,8H,1H3. The topological polar surface area (TPSA) is 17.1 Å². The minimum absolute atomic E-state index is 0.0479. The monoisotopic (exact) mass is 193 g/mol. The van der Waals surface area contributed by atoms with Crippen LogP contribution in [0, 0.1) is 6.92 Å². The zero-order valence-corrected chi connectivity index (χ0v) is 8.37. The molecule has 0 bridgehead atoms. The Kier molecular flexibility index (Phi) is 1.57. The normalized spacial score (nSPS) is 17.0. The predicted octanol–water partition coefficient (Wildman–Crippen LogP) is 0.882. The van der Waals surface area contributed by atoms with Gasteiger partial charge in [0.2, 0.25) is 0 Å². The van der Waals surface area contributed by atoms with E-state index in [4.69, 9.17) is 0 Å². The number of aryl methyl sites for hydroxylation is 1. The molecule has 0 fully saturated rings. The number of carbonyl (C=O) groups excluding carboxylic acids is 1. The van der Waals surface area contributed by atoms with Crippen LogP contribution in [-0.4, -0.2) is 5.78 Å². The number of benzene rings is 1. The fraction of sp³-hybridized carbons (Fsp3) is 0.0714. The highest BCUT2D eigenvalue weighted by molar-refractivity contribution is 6.09. The van der Waals surface area contributed by atoms with E-state index in [0.717, 1.165) is 16.4 Å². The van der Waals surface area contributed by atoms with Crippen LogP contribution in [0.3, 0.4) is 0 Å². The molecule has 0 heterocycles. The van der Waals surface area contributed by atoms with Gasteiger partial charge in [0.05, 0.1) is 0 Å². The fourth-order valence-corrected chi connectivity index (χ4v) is 2.12. The third-order valence-electron chi connectivity index (χ3n) is 2.80. The smallest absolute Gasteiger partial charge is 0.179 e. The summed E-state index contributed by atoms with van der Waals surface area (Å²) in [4.78, 5) is 11.2. The van der Waals surface area contributed by atoms with Crippen LogP contribution in [0.25, 0.3) is 11.6 Å². The number of allylic oxidation sites excluding steroid dienone is 4. The number of hydrogen-bond donors (Lipinski definition) is 0. The van der Waals surface area contributed by atoms with Crippen molar-refractivity contribution < 1.29 is 4.79 Å². The van der Waals surface area contributed by atoms with E-state index in [1.807, 2.05) is 18.2 Å². The van der Waals surface area contributed by atoms with Gasteiger partial charge in [0, 0.05) is 0 Å². The zero-order valence-electron chi connectivity index (χ0n) is 8.37. The average Bonchev–Trinajstić information content (AvgIpc) is 2.56. The molecule has 1 nitrogen and oxygen atoms in total. The van der Waals surface area contributed by atoms with Gasteiger partial charge in [-0.2, -0.15) is 0 Å². The molecular weight excluding hydrogens is 184 g/mol. The van der Waals surface area contributed by atoms with Crippen molar-refractivity contribution in [3.63, 3.8) is 0 Å². The molecule has 15 heavy (non-hydrogen) atoms. The lowest BCUT2D eigenvalue weighted by atomic mass is 10.00. The van der Waals surface area contributed by atoms with Crippen molar-refractivity contribution in [3.8, 4) is 0 Å². The maximum absolute atomic E-state index is 11.2. The second-order valence-corrected chi connectivity index (χ2v) is 3.83. The molecule has 0 unspecified atom stereocenters. The van der Waals surface area contributed by atoms with Crippen molar-refractivity contribution in [3.05, 3.63) is 58.0 Å². The van der Waals surface area contributed by atoms with Crippen molar-refractivity contribution in [1.82, 2.24) is 0 Å². The lowest BCUT2D eigenvalue weighted by molar-refractivity contribution is -0.110. The molecule has 0 aliphatic heterocycles. The molecule has 71 valence electrons. The maximum atomic E-state index is 11.2. The quantitative estimate of drug-likeness (QED) is 0.598. The first-order valence-corrected chi connectivity index (χ1v) is 4.94. The zero-order chi connectivity index (χ0) is 10.4. The summed E-state index contributed by atoms with van der Waals surface area (Å²) in [6.45, 7) is 2.08. The van der Waals surface area contributed by atoms with Crippen LogP contribution in [0.15, 0.2) is 42.0 Å². The minimum atomic E-state index is 0.0479. The van der Waals surface area contributed by atoms with Crippen LogP contribution >= 0.6 is 0 Å². The summed E-state index contributed by atoms with van der Waals surface area (Å²) < 4.78 is 0. The highest BCUT2D eigenvalue weighted by atomic mass is 16.1. The van der Waals surface area contributed by atoms with Gasteiger partial charge in [-0.1, -0.05) is 18.2 Å². The van der Waals surface area contributed by atoms with Gasteiger partial charge in [-0.25, -0.2) is 0 Å². The Labute approximate surface area is 87.7 Å². The van der Waals surface area contributed by atoms with Crippen molar-refractivity contribution in [2.24, 2.45) is 0 Å². The average molecular weight is 193 g/mol. The van der Waals surface area contributed by atoms with E-state index in [-0.39, 0.29) is 5.78 Å². The molecule has 1 radical (unpaired) electrons. The lowest BCUT2D eigenvalue weighted by Crippen LogP contribution is -2.25. The van der Waals surface area contributed by atoms with Crippen LogP contribution in [-0.2, 0) is 4.79 Å². The number of carbonyl (C=O) groups is 1. The second-order valence-electron chi connectivity index (χ2n) is 3.83. The Morgan fingerprint density at radius 1 is 1.20 bits per heavy atom. The first-order valence-electron chi connectivity index (χ1n) is 4.94. The van der Waals surface area contributed by atoms with Crippen molar-refractivity contribution >= 4 is 17.4 Å². The SMILES string of the molecule is Cc1cccc2c1=C1C=CC(=O)C=C1[C]=2. The fourth-order valence-electron chi connectivity index (χ4n) is 2.12. The lowest BCUT2D eigenvalue weighted by Gasteiger charge is -2.03. The molecule has 3 rings (SSSR count). The number of ketones is 1. The van der Waals surface area contributed by atoms with E-state index >= 15 is 0 Å². The van der Waals surface area contributed by atoms with E-state index in [1.54, 1.807) is 12.2 Å². The van der Waals surface area contributed by atoms with E-state index in [2.05, 4.69) is 19.1 Å². The Bertz CT molecular complexity index is 642. The molecule has 2 aliphatic rings. The summed E-state index contributed by atoms with van der Waals surface area (Å²) >= 11 is 0. The van der Waals surface area contributed by atoms with Crippen LogP contribution < -0.4 is 10.4 Å². The van der Waals surface area contributed by atoms with E-state index < -0.39 is 0 Å². The summed E-state index contributed by atoms with van der Waals surface area (Å²) in [6, 6.07) is 6.14. The first kappa shape index (κ1) is 8.42. The van der Waals surface area contributed by atoms with Crippen molar-refractivity contribution in [2.45, 2.75) is 6.92 Å². The molecule has 0 saturated heterocycles. The molecular formula is C14H9O. The van der Waals surface area contributed by atoms with Crippen LogP contribution in [0.4, 0.5) is 0 Å². The van der Waals surface area contributed by atoms with Gasteiger partial charge in [0.25, 0.3) is 0 Å². The Balaban J connectivity index is 2.49. The Hall–Kier alpha value is -1.89. The van der Waals surface area contributed by atoms with Crippen LogP contribution in [0.5, 0.6) is 0 Å². The van der Waals surface area contributed by atoms with Gasteiger partial charge >= 0.3 is 0 Å². The van der Waals surface area contributed by atoms with Crippen molar-refractivity contribution in [2.75, 3.05) is 0 Å². The second kappa shape index (κ2) is 2.80. The molecule has 1 heteroatoms. The predicted molar refractivity (Wildman–Crippen MR) is 59.5 cm³/mol. The van der Waals surface area contributed by atoms with Gasteiger partial charge in [0.15, 0.2) is 5.78 Å². The van der Waals surface area contributed by atoms with Gasteiger partial charge in [-0.05, 0) is 58.4 Å². The van der Waals surface area contributed by atoms with Crippen molar-refractivity contribution in [1.29, 1.82) is 0 Å². The molecule has 0 amide bonds. The van der Waals surface area contributed by atoms with E-state index in [0.29, 0.717) is 0 Å². The minimum Gasteiger partial charge on any atom is -0.290 e. The molecule has 0 atom stereocenters. The Morgan fingerprint density at radius 3 is 2.93 bits per heavy atom. The van der Waals surface area contributed by atoms with Crippen LogP contribution in [0.2, 0.25) is 0 Å². The summed E-state index contributed by atoms with van der Waals surface area (Å²) in [5.74, 6) is 0.0479. The highest BCUT2D eigenvalue weighted by Gasteiger charge is 2.14. The van der Waals surface area contributed by atoms with Gasteiger partial charge in [0.1, 0.15) is 0 Å². The summed E-state index contributed by atoms with van der Waals surface area (Å²) in [7, 11) is 0. The molecule has 2 aliphatic carbocycles. The number of rotatable bonds is 0. The van der Waals surface area contributed by atoms with Gasteiger partial charge in [-0.15, -0.1) is 0 Å². The van der Waals surface area contributed by atoms with Gasteiger partial charge in [-0.3, -0.25) is 4.79 Å². The Morgan fingerprint density at radius 2 is 2.07 bits per heavy atom. The van der Waals surface area contributed by atoms with Crippen LogP contribution in [0.1, 0.15) is 5.56 Å². The third kappa shape index (κ3) is 1.13. The molecule has 1 aromatic carbocycles. The summed E-state index contributed by atoms with van der Waals surface area (Å²) in [5.41, 5.74) is 3.28. The third-order valence-corrected chi connectivity index (χ3v) is 2.80. The molecule has 0 saturated carbocycles. The van der Waals surface area contributed by atoms with Gasteiger partial charge < -0.3 is 0 Å². The summed E-state index contributed by atoms with van der Waals surface area (Å²) in [5, 5.41) is 2.31. The molecule has 0 N–H and O–H groups in total. The highest BCUT2D eigenvalue weighted by Crippen LogP contribution is 2.20. The largest absolute Gasteiger partial charge is 0.290 e. The summed E-state index contributed by atoms with van der Waals surface area (Å²) in [6.07, 6.45) is 8.41. The molecule has 0 aromatic heterocycles. The molecule has 0 spiro atoms. The number of hydrogen-bond acceptors (Lipinski definition) is 1. The first-order chi connectivity index (χ1) is 7.25. The number of fused-ring (bicyclic) bond motifs is 2.